The number of hydrogen-bond acceptors (Lipinski definition) is 4. The van der Waals surface area contributed by atoms with Crippen LogP contribution >= 0.6 is 0 Å². The molecule has 2 rings (SSSR count). The maximum atomic E-state index is 11.9. The highest BCUT2D eigenvalue weighted by molar-refractivity contribution is 5.75. The van der Waals surface area contributed by atoms with E-state index in [1.165, 1.54) is 32.1 Å². The van der Waals surface area contributed by atoms with E-state index in [2.05, 4.69) is 0 Å². The van der Waals surface area contributed by atoms with Gasteiger partial charge in [0.1, 0.15) is 6.04 Å². The maximum Gasteiger partial charge on any atom is 0.322 e. The number of esters is 1. The molecule has 0 saturated heterocycles. The van der Waals surface area contributed by atoms with Crippen molar-refractivity contribution >= 4 is 5.97 Å². The van der Waals surface area contributed by atoms with Crippen LogP contribution in [0.4, 0.5) is 0 Å². The largest absolute Gasteiger partial charge is 0.464 e. The lowest BCUT2D eigenvalue weighted by Gasteiger charge is -2.27. The van der Waals surface area contributed by atoms with Crippen molar-refractivity contribution in [2.45, 2.75) is 76.4 Å². The van der Waals surface area contributed by atoms with Gasteiger partial charge in [0, 0.05) is 0 Å². The standard InChI is InChI=1S/C16H29NO3/c17-15(10-12-6-8-14(18)9-7-12)16(19)20-11-13-4-2-1-3-5-13/h12-15,18H,1-11,17H2. The molecule has 0 aromatic heterocycles. The van der Waals surface area contributed by atoms with Gasteiger partial charge in [-0.15, -0.1) is 0 Å². The monoisotopic (exact) mass is 283 g/mol. The summed E-state index contributed by atoms with van der Waals surface area (Å²) in [6.07, 6.45) is 10.4. The third-order valence-corrected chi connectivity index (χ3v) is 4.89. The summed E-state index contributed by atoms with van der Waals surface area (Å²) in [6.45, 7) is 0.552. The van der Waals surface area contributed by atoms with E-state index in [9.17, 15) is 9.90 Å². The number of rotatable bonds is 5. The molecule has 0 aliphatic heterocycles. The van der Waals surface area contributed by atoms with Crippen molar-refractivity contribution in [3.05, 3.63) is 0 Å². The molecule has 0 aromatic carbocycles. The van der Waals surface area contributed by atoms with Gasteiger partial charge in [-0.1, -0.05) is 19.3 Å². The summed E-state index contributed by atoms with van der Waals surface area (Å²) in [6, 6.07) is -0.487. The van der Waals surface area contributed by atoms with Gasteiger partial charge in [0.15, 0.2) is 0 Å². The van der Waals surface area contributed by atoms with Gasteiger partial charge in [0.05, 0.1) is 12.7 Å². The number of carbonyl (C=O) groups excluding carboxylic acids is 1. The maximum absolute atomic E-state index is 11.9. The number of hydrogen-bond donors (Lipinski definition) is 2. The highest BCUT2D eigenvalue weighted by atomic mass is 16.5. The van der Waals surface area contributed by atoms with Gasteiger partial charge < -0.3 is 15.6 Å². The van der Waals surface area contributed by atoms with Gasteiger partial charge in [0.25, 0.3) is 0 Å². The smallest absolute Gasteiger partial charge is 0.322 e. The molecule has 0 aromatic rings. The van der Waals surface area contributed by atoms with E-state index in [4.69, 9.17) is 10.5 Å². The van der Waals surface area contributed by atoms with Crippen LogP contribution in [0.1, 0.15) is 64.2 Å². The summed E-state index contributed by atoms with van der Waals surface area (Å²) in [7, 11) is 0. The number of aliphatic hydroxyl groups is 1. The molecule has 0 heterocycles. The predicted octanol–water partition coefficient (Wildman–Crippen LogP) is 2.38. The van der Waals surface area contributed by atoms with Crippen molar-refractivity contribution in [2.75, 3.05) is 6.61 Å². The first-order chi connectivity index (χ1) is 9.65. The summed E-state index contributed by atoms with van der Waals surface area (Å²) < 4.78 is 5.39. The Bertz CT molecular complexity index is 294. The van der Waals surface area contributed by atoms with Gasteiger partial charge in [-0.2, -0.15) is 0 Å². The van der Waals surface area contributed by atoms with E-state index in [0.29, 0.717) is 24.9 Å². The van der Waals surface area contributed by atoms with Crippen LogP contribution in [0.15, 0.2) is 0 Å². The van der Waals surface area contributed by atoms with E-state index in [0.717, 1.165) is 25.7 Å². The minimum absolute atomic E-state index is 0.152. The van der Waals surface area contributed by atoms with Crippen LogP contribution in [-0.2, 0) is 9.53 Å². The summed E-state index contributed by atoms with van der Waals surface area (Å²) in [5.41, 5.74) is 5.96. The van der Waals surface area contributed by atoms with E-state index in [1.807, 2.05) is 0 Å². The molecule has 116 valence electrons. The van der Waals surface area contributed by atoms with Crippen molar-refractivity contribution in [3.8, 4) is 0 Å². The number of ether oxygens (including phenoxy) is 1. The first-order valence-electron chi connectivity index (χ1n) is 8.25. The zero-order valence-corrected chi connectivity index (χ0v) is 12.4. The Balaban J connectivity index is 1.63. The fourth-order valence-electron chi connectivity index (χ4n) is 3.50. The molecule has 1 unspecified atom stereocenters. The molecular formula is C16H29NO3. The number of carbonyl (C=O) groups is 1. The molecule has 20 heavy (non-hydrogen) atoms. The Hall–Kier alpha value is -0.610. The first-order valence-corrected chi connectivity index (χ1v) is 8.25. The molecule has 0 amide bonds. The second-order valence-corrected chi connectivity index (χ2v) is 6.65. The Morgan fingerprint density at radius 2 is 1.70 bits per heavy atom. The van der Waals surface area contributed by atoms with Crippen LogP contribution in [0.5, 0.6) is 0 Å². The zero-order chi connectivity index (χ0) is 14.4. The third-order valence-electron chi connectivity index (χ3n) is 4.89. The van der Waals surface area contributed by atoms with Gasteiger partial charge >= 0.3 is 5.97 Å². The molecule has 4 heteroatoms. The van der Waals surface area contributed by atoms with E-state index in [1.54, 1.807) is 0 Å². The number of nitrogens with two attached hydrogens (primary N) is 1. The Labute approximate surface area is 122 Å². The molecule has 0 radical (unpaired) electrons. The molecule has 3 N–H and O–H groups in total. The van der Waals surface area contributed by atoms with E-state index >= 15 is 0 Å². The molecule has 0 spiro atoms. The van der Waals surface area contributed by atoms with Crippen LogP contribution in [-0.4, -0.2) is 29.8 Å². The topological polar surface area (TPSA) is 72.5 Å². The molecule has 1 atom stereocenters. The second-order valence-electron chi connectivity index (χ2n) is 6.65. The zero-order valence-electron chi connectivity index (χ0n) is 12.4. The van der Waals surface area contributed by atoms with Gasteiger partial charge in [-0.05, 0) is 56.8 Å². The average Bonchev–Trinajstić information content (AvgIpc) is 2.48. The number of aliphatic hydroxyl groups excluding tert-OH is 1. The summed E-state index contributed by atoms with van der Waals surface area (Å²) >= 11 is 0. The highest BCUT2D eigenvalue weighted by Gasteiger charge is 2.25. The second kappa shape index (κ2) is 7.99. The lowest BCUT2D eigenvalue weighted by Crippen LogP contribution is -2.36. The minimum atomic E-state index is -0.487. The average molecular weight is 283 g/mol. The van der Waals surface area contributed by atoms with Crippen LogP contribution in [0.3, 0.4) is 0 Å². The lowest BCUT2D eigenvalue weighted by molar-refractivity contribution is -0.147. The molecule has 2 aliphatic rings. The minimum Gasteiger partial charge on any atom is -0.464 e. The van der Waals surface area contributed by atoms with Crippen LogP contribution in [0.2, 0.25) is 0 Å². The van der Waals surface area contributed by atoms with E-state index < -0.39 is 6.04 Å². The predicted molar refractivity (Wildman–Crippen MR) is 78.1 cm³/mol. The molecular weight excluding hydrogens is 254 g/mol. The van der Waals surface area contributed by atoms with Crippen molar-refractivity contribution in [2.24, 2.45) is 17.6 Å². The third kappa shape index (κ3) is 5.06. The quantitative estimate of drug-likeness (QED) is 0.760. The van der Waals surface area contributed by atoms with E-state index in [-0.39, 0.29) is 12.1 Å². The van der Waals surface area contributed by atoms with Crippen LogP contribution < -0.4 is 5.73 Å². The summed E-state index contributed by atoms with van der Waals surface area (Å²) in [5, 5.41) is 9.48. The highest BCUT2D eigenvalue weighted by Crippen LogP contribution is 2.28. The summed E-state index contributed by atoms with van der Waals surface area (Å²) in [4.78, 5) is 11.9. The molecule has 2 saturated carbocycles. The fraction of sp³-hybridized carbons (Fsp3) is 0.938. The van der Waals surface area contributed by atoms with Crippen molar-refractivity contribution < 1.29 is 14.6 Å². The molecule has 0 bridgehead atoms. The van der Waals surface area contributed by atoms with Gasteiger partial charge in [-0.3, -0.25) is 4.79 Å². The van der Waals surface area contributed by atoms with Crippen LogP contribution in [0.25, 0.3) is 0 Å². The summed E-state index contributed by atoms with van der Waals surface area (Å²) in [5.74, 6) is 0.780. The van der Waals surface area contributed by atoms with Crippen molar-refractivity contribution in [1.29, 1.82) is 0 Å². The SMILES string of the molecule is NC(CC1CCC(O)CC1)C(=O)OCC1CCCCC1. The Kier molecular flexibility index (Phi) is 6.30. The molecule has 4 nitrogen and oxygen atoms in total. The lowest BCUT2D eigenvalue weighted by atomic mass is 9.83. The van der Waals surface area contributed by atoms with Crippen molar-refractivity contribution in [3.63, 3.8) is 0 Å². The molecule has 2 aliphatic carbocycles. The Morgan fingerprint density at radius 3 is 2.35 bits per heavy atom. The fourth-order valence-corrected chi connectivity index (χ4v) is 3.50. The first kappa shape index (κ1) is 15.8. The van der Waals surface area contributed by atoms with Gasteiger partial charge in [0.2, 0.25) is 0 Å². The van der Waals surface area contributed by atoms with Gasteiger partial charge in [-0.25, -0.2) is 0 Å². The molecule has 2 fully saturated rings. The Morgan fingerprint density at radius 1 is 1.05 bits per heavy atom. The van der Waals surface area contributed by atoms with Crippen LogP contribution in [0, 0.1) is 11.8 Å². The van der Waals surface area contributed by atoms with Crippen molar-refractivity contribution in [1.82, 2.24) is 0 Å². The normalized spacial score (nSPS) is 29.9.